The van der Waals surface area contributed by atoms with Crippen molar-refractivity contribution >= 4 is 52.3 Å². The van der Waals surface area contributed by atoms with Gasteiger partial charge in [-0.15, -0.1) is 0 Å². The number of hydrogen-bond donors (Lipinski definition) is 2. The van der Waals surface area contributed by atoms with E-state index in [2.05, 4.69) is 23.6 Å². The lowest BCUT2D eigenvalue weighted by atomic mass is 10.1. The molecule has 0 bridgehead atoms. The second-order valence-corrected chi connectivity index (χ2v) is 12.3. The quantitative estimate of drug-likeness (QED) is 0.219. The molecule has 1 aliphatic carbocycles. The fraction of sp³-hybridized carbons (Fsp3) is 0.394. The zero-order valence-corrected chi connectivity index (χ0v) is 27.1. The molecule has 2 aliphatic rings. The first-order valence-corrected chi connectivity index (χ1v) is 16.0. The third-order valence-corrected chi connectivity index (χ3v) is 8.57. The summed E-state index contributed by atoms with van der Waals surface area (Å²) in [6.07, 6.45) is 1.87. The lowest BCUT2D eigenvalue weighted by molar-refractivity contribution is -0.136. The van der Waals surface area contributed by atoms with Gasteiger partial charge < -0.3 is 25.0 Å². The van der Waals surface area contributed by atoms with Crippen LogP contribution in [0.4, 0.5) is 5.69 Å². The molecule has 1 heterocycles. The Bertz CT molecular complexity index is 1460. The number of carbonyl (C=O) groups is 2. The van der Waals surface area contributed by atoms with E-state index >= 15 is 0 Å². The largest absolute Gasteiger partial charge is 0.490 e. The van der Waals surface area contributed by atoms with Crippen molar-refractivity contribution in [3.8, 4) is 11.5 Å². The van der Waals surface area contributed by atoms with Crippen LogP contribution in [0.5, 0.6) is 11.5 Å². The molecule has 2 N–H and O–H groups in total. The average Bonchev–Trinajstić information content (AvgIpc) is 3.84. The Hall–Kier alpha value is -3.01. The number of aryl methyl sites for hydroxylation is 1. The Morgan fingerprint density at radius 2 is 1.70 bits per heavy atom. The Morgan fingerprint density at radius 3 is 2.39 bits per heavy atom. The van der Waals surface area contributed by atoms with Crippen molar-refractivity contribution in [3.63, 3.8) is 0 Å². The third kappa shape index (κ3) is 7.98. The van der Waals surface area contributed by atoms with E-state index in [1.165, 1.54) is 0 Å². The minimum atomic E-state index is -0.676. The number of rotatable bonds is 13. The highest BCUT2D eigenvalue weighted by Crippen LogP contribution is 2.35. The number of anilines is 1. The predicted octanol–water partition coefficient (Wildman–Crippen LogP) is 6.02. The number of benzene rings is 3. The van der Waals surface area contributed by atoms with Gasteiger partial charge in [-0.05, 0) is 85.5 Å². The molecule has 8 nitrogen and oxygen atoms in total. The molecule has 44 heavy (non-hydrogen) atoms. The Labute approximate surface area is 273 Å². The molecule has 0 aromatic heterocycles. The van der Waals surface area contributed by atoms with Crippen molar-refractivity contribution in [2.75, 3.05) is 37.7 Å². The molecular formula is C33H37Cl3N4O4. The van der Waals surface area contributed by atoms with Crippen LogP contribution in [0.3, 0.4) is 0 Å². The normalized spacial score (nSPS) is 16.6. The third-order valence-electron chi connectivity index (χ3n) is 7.64. The monoisotopic (exact) mass is 658 g/mol. The van der Waals surface area contributed by atoms with Crippen LogP contribution in [-0.4, -0.2) is 61.6 Å². The van der Waals surface area contributed by atoms with Crippen molar-refractivity contribution < 1.29 is 19.1 Å². The van der Waals surface area contributed by atoms with Gasteiger partial charge in [-0.3, -0.25) is 14.5 Å². The first kappa shape index (κ1) is 32.4. The summed E-state index contributed by atoms with van der Waals surface area (Å²) < 4.78 is 11.6. The SMILES string of the molecule is CCNCc1ccc(Cl)c(CN(C(=O)[C@H]2CNCC(=O)N2c2ccc(OCCOc3c(Cl)cc(C)cc3Cl)cc2)C2CC2)c1. The maximum absolute atomic E-state index is 14.1. The van der Waals surface area contributed by atoms with E-state index in [1.54, 1.807) is 41.3 Å². The van der Waals surface area contributed by atoms with Gasteiger partial charge in [-0.1, -0.05) is 53.9 Å². The number of piperazine rings is 1. The van der Waals surface area contributed by atoms with Gasteiger partial charge in [0, 0.05) is 36.4 Å². The molecular weight excluding hydrogens is 623 g/mol. The molecule has 11 heteroatoms. The summed E-state index contributed by atoms with van der Waals surface area (Å²) in [6, 6.07) is 16.2. The van der Waals surface area contributed by atoms with Crippen molar-refractivity contribution in [2.45, 2.75) is 51.9 Å². The molecule has 1 saturated carbocycles. The van der Waals surface area contributed by atoms with E-state index in [9.17, 15) is 9.59 Å². The smallest absolute Gasteiger partial charge is 0.247 e. The van der Waals surface area contributed by atoms with Crippen LogP contribution in [0.1, 0.15) is 36.5 Å². The Kier molecular flexibility index (Phi) is 10.9. The lowest BCUT2D eigenvalue weighted by Crippen LogP contribution is -2.61. The first-order valence-electron chi connectivity index (χ1n) is 14.9. The molecule has 3 aromatic carbocycles. The fourth-order valence-corrected chi connectivity index (χ4v) is 6.18. The van der Waals surface area contributed by atoms with Crippen molar-refractivity contribution in [3.05, 3.63) is 86.4 Å². The van der Waals surface area contributed by atoms with Gasteiger partial charge in [0.1, 0.15) is 25.0 Å². The van der Waals surface area contributed by atoms with E-state index in [-0.39, 0.29) is 37.6 Å². The average molecular weight is 660 g/mol. The topological polar surface area (TPSA) is 83.1 Å². The number of ether oxygens (including phenoxy) is 2. The van der Waals surface area contributed by atoms with Crippen LogP contribution in [0.25, 0.3) is 0 Å². The van der Waals surface area contributed by atoms with E-state index in [0.29, 0.717) is 45.3 Å². The standard InChI is InChI=1S/C33H37Cl3N4O4/c1-3-37-17-22-4-11-27(34)23(16-22)20-39(24-5-6-24)33(42)30-18-38-19-31(41)40(30)25-7-9-26(10-8-25)43-12-13-44-32-28(35)14-21(2)15-29(32)36/h4,7-11,14-16,24,30,37-38H,3,5-6,12-13,17-20H2,1-2H3/t30-/m1/s1. The summed E-state index contributed by atoms with van der Waals surface area (Å²) in [6.45, 7) is 7.00. The first-order chi connectivity index (χ1) is 21.2. The van der Waals surface area contributed by atoms with Crippen LogP contribution in [0.15, 0.2) is 54.6 Å². The van der Waals surface area contributed by atoms with Gasteiger partial charge in [0.25, 0.3) is 0 Å². The van der Waals surface area contributed by atoms with Crippen LogP contribution in [0, 0.1) is 6.92 Å². The minimum absolute atomic E-state index is 0.0906. The highest BCUT2D eigenvalue weighted by Gasteiger charge is 2.41. The van der Waals surface area contributed by atoms with Gasteiger partial charge in [0.15, 0.2) is 5.75 Å². The second kappa shape index (κ2) is 14.8. The summed E-state index contributed by atoms with van der Waals surface area (Å²) >= 11 is 19.1. The molecule has 234 valence electrons. The Balaban J connectivity index is 1.25. The molecule has 1 saturated heterocycles. The summed E-state index contributed by atoms with van der Waals surface area (Å²) in [5.41, 5.74) is 3.60. The van der Waals surface area contributed by atoms with Gasteiger partial charge in [0.2, 0.25) is 11.8 Å². The maximum Gasteiger partial charge on any atom is 0.247 e. The van der Waals surface area contributed by atoms with Crippen molar-refractivity contribution in [1.82, 2.24) is 15.5 Å². The zero-order valence-electron chi connectivity index (χ0n) is 24.9. The number of hydrogen-bond acceptors (Lipinski definition) is 6. The molecule has 3 aromatic rings. The molecule has 1 aliphatic heterocycles. The van der Waals surface area contributed by atoms with E-state index in [0.717, 1.165) is 42.6 Å². The van der Waals surface area contributed by atoms with Crippen molar-refractivity contribution in [1.29, 1.82) is 0 Å². The van der Waals surface area contributed by atoms with Crippen LogP contribution >= 0.6 is 34.8 Å². The summed E-state index contributed by atoms with van der Waals surface area (Å²) in [5, 5.41) is 7.99. The van der Waals surface area contributed by atoms with E-state index in [4.69, 9.17) is 44.3 Å². The fourth-order valence-electron chi connectivity index (χ4n) is 5.30. The summed E-state index contributed by atoms with van der Waals surface area (Å²) in [7, 11) is 0. The number of amides is 2. The van der Waals surface area contributed by atoms with E-state index in [1.807, 2.05) is 24.0 Å². The van der Waals surface area contributed by atoms with Gasteiger partial charge in [-0.2, -0.15) is 0 Å². The van der Waals surface area contributed by atoms with Crippen LogP contribution in [-0.2, 0) is 22.7 Å². The van der Waals surface area contributed by atoms with Gasteiger partial charge in [-0.25, -0.2) is 0 Å². The van der Waals surface area contributed by atoms with Crippen LogP contribution in [0.2, 0.25) is 15.1 Å². The molecule has 2 amide bonds. The highest BCUT2D eigenvalue weighted by molar-refractivity contribution is 6.37. The van der Waals surface area contributed by atoms with Crippen LogP contribution < -0.4 is 25.0 Å². The van der Waals surface area contributed by atoms with Gasteiger partial charge in [0.05, 0.1) is 16.6 Å². The molecule has 0 spiro atoms. The number of nitrogens with zero attached hydrogens (tertiary/aromatic N) is 2. The number of carbonyl (C=O) groups excluding carboxylic acids is 2. The molecule has 1 atom stereocenters. The van der Waals surface area contributed by atoms with Gasteiger partial charge >= 0.3 is 0 Å². The summed E-state index contributed by atoms with van der Waals surface area (Å²) in [4.78, 5) is 30.8. The van der Waals surface area contributed by atoms with Crippen molar-refractivity contribution in [2.24, 2.45) is 0 Å². The highest BCUT2D eigenvalue weighted by atomic mass is 35.5. The predicted molar refractivity (Wildman–Crippen MR) is 175 cm³/mol. The Morgan fingerprint density at radius 1 is 1.00 bits per heavy atom. The lowest BCUT2D eigenvalue weighted by Gasteiger charge is -2.38. The van der Waals surface area contributed by atoms with E-state index < -0.39 is 6.04 Å². The minimum Gasteiger partial charge on any atom is -0.490 e. The number of halogens is 3. The molecule has 2 fully saturated rings. The number of nitrogens with one attached hydrogen (secondary N) is 2. The maximum atomic E-state index is 14.1. The zero-order chi connectivity index (χ0) is 31.2. The second-order valence-electron chi connectivity index (χ2n) is 11.1. The molecule has 0 unspecified atom stereocenters. The molecule has 0 radical (unpaired) electrons. The molecule has 5 rings (SSSR count). The summed E-state index contributed by atoms with van der Waals surface area (Å²) in [5.74, 6) is 0.780.